The zero-order valence-electron chi connectivity index (χ0n) is 15.2. The Morgan fingerprint density at radius 3 is 2.63 bits per heavy atom. The van der Waals surface area contributed by atoms with Crippen molar-refractivity contribution in [2.45, 2.75) is 32.4 Å². The quantitative estimate of drug-likeness (QED) is 0.708. The summed E-state index contributed by atoms with van der Waals surface area (Å²) >= 11 is 3.37. The second kappa shape index (κ2) is 8.65. The topological polar surface area (TPSA) is 40.6 Å². The number of halogens is 2. The van der Waals surface area contributed by atoms with Crippen molar-refractivity contribution < 1.29 is 14.0 Å². The summed E-state index contributed by atoms with van der Waals surface area (Å²) in [7, 11) is 0. The lowest BCUT2D eigenvalue weighted by atomic mass is 10.1. The highest BCUT2D eigenvalue weighted by atomic mass is 79.9. The van der Waals surface area contributed by atoms with E-state index in [1.165, 1.54) is 12.1 Å². The zero-order valence-corrected chi connectivity index (χ0v) is 16.8. The predicted molar refractivity (Wildman–Crippen MR) is 106 cm³/mol. The number of rotatable bonds is 5. The first kappa shape index (κ1) is 19.5. The van der Waals surface area contributed by atoms with Crippen molar-refractivity contribution in [2.24, 2.45) is 0 Å². The molecule has 1 fully saturated rings. The van der Waals surface area contributed by atoms with Crippen molar-refractivity contribution in [1.29, 1.82) is 0 Å². The maximum atomic E-state index is 13.4. The maximum absolute atomic E-state index is 13.4. The van der Waals surface area contributed by atoms with Crippen molar-refractivity contribution in [3.05, 3.63) is 69.9 Å². The summed E-state index contributed by atoms with van der Waals surface area (Å²) in [4.78, 5) is 29.3. The van der Waals surface area contributed by atoms with Crippen LogP contribution in [-0.2, 0) is 11.3 Å². The summed E-state index contributed by atoms with van der Waals surface area (Å²) in [6, 6.07) is 13.0. The highest BCUT2D eigenvalue weighted by Gasteiger charge is 2.36. The molecule has 1 heterocycles. The third-order valence-corrected chi connectivity index (χ3v) is 5.37. The fraction of sp³-hybridized carbons (Fsp3) is 0.333. The fourth-order valence-corrected chi connectivity index (χ4v) is 3.70. The van der Waals surface area contributed by atoms with Crippen LogP contribution in [0.25, 0.3) is 0 Å². The molecular weight excluding hydrogens is 411 g/mol. The minimum atomic E-state index is -0.463. The molecule has 27 heavy (non-hydrogen) atoms. The van der Waals surface area contributed by atoms with Crippen LogP contribution in [0, 0.1) is 5.82 Å². The molecule has 0 aromatic heterocycles. The van der Waals surface area contributed by atoms with Crippen LogP contribution in [0.15, 0.2) is 53.0 Å². The van der Waals surface area contributed by atoms with Gasteiger partial charge in [0, 0.05) is 29.7 Å². The molecule has 1 unspecified atom stereocenters. The van der Waals surface area contributed by atoms with Gasteiger partial charge in [-0.15, -0.1) is 0 Å². The van der Waals surface area contributed by atoms with E-state index in [0.29, 0.717) is 31.6 Å². The van der Waals surface area contributed by atoms with Crippen molar-refractivity contribution in [2.75, 3.05) is 13.1 Å². The number of carbonyl (C=O) groups excluding carboxylic acids is 2. The Morgan fingerprint density at radius 1 is 1.22 bits per heavy atom. The molecular formula is C21H22BrFN2O2. The van der Waals surface area contributed by atoms with Gasteiger partial charge >= 0.3 is 0 Å². The van der Waals surface area contributed by atoms with E-state index in [1.54, 1.807) is 34.1 Å². The molecule has 2 aromatic rings. The van der Waals surface area contributed by atoms with Gasteiger partial charge in [0.05, 0.1) is 0 Å². The lowest BCUT2D eigenvalue weighted by molar-refractivity contribution is -0.135. The van der Waals surface area contributed by atoms with Gasteiger partial charge in [-0.1, -0.05) is 28.1 Å². The van der Waals surface area contributed by atoms with Crippen molar-refractivity contribution in [3.8, 4) is 0 Å². The molecule has 1 saturated heterocycles. The molecule has 0 bridgehead atoms. The van der Waals surface area contributed by atoms with E-state index in [4.69, 9.17) is 0 Å². The van der Waals surface area contributed by atoms with E-state index in [-0.39, 0.29) is 17.6 Å². The van der Waals surface area contributed by atoms with Gasteiger partial charge in [0.15, 0.2) is 0 Å². The van der Waals surface area contributed by atoms with Gasteiger partial charge in [0.2, 0.25) is 5.91 Å². The average Bonchev–Trinajstić information content (AvgIpc) is 3.15. The molecule has 0 aliphatic carbocycles. The third-order valence-electron chi connectivity index (χ3n) is 4.85. The molecule has 0 radical (unpaired) electrons. The molecule has 1 atom stereocenters. The average molecular weight is 433 g/mol. The molecule has 3 rings (SSSR count). The Kier molecular flexibility index (Phi) is 6.26. The normalized spacial score (nSPS) is 16.4. The molecule has 1 aliphatic heterocycles. The molecule has 142 valence electrons. The van der Waals surface area contributed by atoms with Crippen LogP contribution in [0.5, 0.6) is 0 Å². The summed E-state index contributed by atoms with van der Waals surface area (Å²) in [5, 5.41) is 0. The van der Waals surface area contributed by atoms with Crippen LogP contribution in [0.4, 0.5) is 4.39 Å². The zero-order chi connectivity index (χ0) is 19.4. The van der Waals surface area contributed by atoms with Gasteiger partial charge in [-0.25, -0.2) is 4.39 Å². The van der Waals surface area contributed by atoms with E-state index in [9.17, 15) is 14.0 Å². The second-order valence-corrected chi connectivity index (χ2v) is 7.56. The van der Waals surface area contributed by atoms with Crippen LogP contribution in [0.1, 0.15) is 35.7 Å². The summed E-state index contributed by atoms with van der Waals surface area (Å²) in [6.45, 7) is 3.31. The molecule has 6 heteroatoms. The molecule has 2 amide bonds. The Hall–Kier alpha value is -2.21. The van der Waals surface area contributed by atoms with E-state index < -0.39 is 6.04 Å². The van der Waals surface area contributed by atoms with Gasteiger partial charge in [-0.05, 0) is 61.7 Å². The number of amides is 2. The number of carbonyl (C=O) groups is 2. The number of likely N-dealkylation sites (N-methyl/N-ethyl adjacent to an activating group) is 1. The van der Waals surface area contributed by atoms with Crippen LogP contribution >= 0.6 is 15.9 Å². The summed E-state index contributed by atoms with van der Waals surface area (Å²) in [6.07, 6.45) is 1.46. The first-order valence-corrected chi connectivity index (χ1v) is 9.88. The Morgan fingerprint density at radius 2 is 1.96 bits per heavy atom. The van der Waals surface area contributed by atoms with Gasteiger partial charge in [0.25, 0.3) is 5.91 Å². The van der Waals surface area contributed by atoms with Gasteiger partial charge in [0.1, 0.15) is 11.9 Å². The molecule has 0 spiro atoms. The van der Waals surface area contributed by atoms with Crippen molar-refractivity contribution in [3.63, 3.8) is 0 Å². The summed E-state index contributed by atoms with van der Waals surface area (Å²) in [5.74, 6) is -0.520. The van der Waals surface area contributed by atoms with Crippen LogP contribution < -0.4 is 0 Å². The van der Waals surface area contributed by atoms with E-state index in [1.807, 2.05) is 19.1 Å². The smallest absolute Gasteiger partial charge is 0.254 e. The van der Waals surface area contributed by atoms with E-state index in [2.05, 4.69) is 15.9 Å². The lowest BCUT2D eigenvalue weighted by Gasteiger charge is -2.30. The molecule has 0 saturated carbocycles. The van der Waals surface area contributed by atoms with E-state index >= 15 is 0 Å². The largest absolute Gasteiger partial charge is 0.337 e. The van der Waals surface area contributed by atoms with E-state index in [0.717, 1.165) is 16.5 Å². The standard InChI is InChI=1S/C21H22BrFN2O2/c1-2-24(14-15-5-3-6-18(23)13-15)21(27)19-7-4-12-25(19)20(26)16-8-10-17(22)11-9-16/h3,5-6,8-11,13,19H,2,4,7,12,14H2,1H3. The molecule has 0 N–H and O–H groups in total. The number of hydrogen-bond donors (Lipinski definition) is 0. The van der Waals surface area contributed by atoms with Gasteiger partial charge < -0.3 is 9.80 Å². The number of benzene rings is 2. The highest BCUT2D eigenvalue weighted by Crippen LogP contribution is 2.23. The number of likely N-dealkylation sites (tertiary alicyclic amines) is 1. The van der Waals surface area contributed by atoms with Gasteiger partial charge in [-0.2, -0.15) is 0 Å². The number of hydrogen-bond acceptors (Lipinski definition) is 2. The third kappa shape index (κ3) is 4.56. The first-order valence-electron chi connectivity index (χ1n) is 9.09. The van der Waals surface area contributed by atoms with Crippen molar-refractivity contribution >= 4 is 27.7 Å². The molecule has 1 aliphatic rings. The molecule has 2 aromatic carbocycles. The maximum Gasteiger partial charge on any atom is 0.254 e. The summed E-state index contributed by atoms with van der Waals surface area (Å²) in [5.41, 5.74) is 1.32. The Balaban J connectivity index is 1.75. The Labute approximate surface area is 167 Å². The van der Waals surface area contributed by atoms with Crippen LogP contribution in [0.3, 0.4) is 0 Å². The summed E-state index contributed by atoms with van der Waals surface area (Å²) < 4.78 is 14.4. The van der Waals surface area contributed by atoms with Crippen molar-refractivity contribution in [1.82, 2.24) is 9.80 Å². The lowest BCUT2D eigenvalue weighted by Crippen LogP contribution is -2.47. The SMILES string of the molecule is CCN(Cc1cccc(F)c1)C(=O)C1CCCN1C(=O)c1ccc(Br)cc1. The Bertz CT molecular complexity index is 825. The second-order valence-electron chi connectivity index (χ2n) is 6.65. The predicted octanol–water partition coefficient (Wildman–Crippen LogP) is 4.24. The highest BCUT2D eigenvalue weighted by molar-refractivity contribution is 9.10. The molecule has 4 nitrogen and oxygen atoms in total. The van der Waals surface area contributed by atoms with Crippen LogP contribution in [0.2, 0.25) is 0 Å². The monoisotopic (exact) mass is 432 g/mol. The van der Waals surface area contributed by atoms with Crippen LogP contribution in [-0.4, -0.2) is 40.7 Å². The minimum absolute atomic E-state index is 0.0790. The van der Waals surface area contributed by atoms with Gasteiger partial charge in [-0.3, -0.25) is 9.59 Å². The number of nitrogens with zero attached hydrogens (tertiary/aromatic N) is 2. The first-order chi connectivity index (χ1) is 13.0. The fourth-order valence-electron chi connectivity index (χ4n) is 3.44. The minimum Gasteiger partial charge on any atom is -0.337 e.